The number of rotatable bonds is 2. The highest BCUT2D eigenvalue weighted by Crippen LogP contribution is 2.24. The van der Waals surface area contributed by atoms with Crippen LogP contribution < -0.4 is 5.90 Å². The van der Waals surface area contributed by atoms with Crippen LogP contribution in [0.4, 0.5) is 0 Å². The van der Waals surface area contributed by atoms with Gasteiger partial charge in [-0.15, -0.1) is 0 Å². The van der Waals surface area contributed by atoms with E-state index < -0.39 is 5.60 Å². The zero-order valence-corrected chi connectivity index (χ0v) is 9.53. The molecular formula is C10H19N3O. The van der Waals surface area contributed by atoms with Gasteiger partial charge in [-0.2, -0.15) is 5.10 Å². The van der Waals surface area contributed by atoms with E-state index in [0.717, 1.165) is 5.56 Å². The fraction of sp³-hybridized carbons (Fsp3) is 0.700. The zero-order valence-electron chi connectivity index (χ0n) is 9.53. The lowest BCUT2D eigenvalue weighted by molar-refractivity contribution is -0.0237. The van der Waals surface area contributed by atoms with Gasteiger partial charge in [-0.3, -0.25) is 9.52 Å². The van der Waals surface area contributed by atoms with Crippen LogP contribution in [0, 0.1) is 0 Å². The van der Waals surface area contributed by atoms with Crippen molar-refractivity contribution >= 4 is 0 Å². The number of aromatic nitrogens is 2. The molecule has 1 aromatic rings. The molecule has 0 saturated heterocycles. The third-order valence-corrected chi connectivity index (χ3v) is 2.26. The van der Waals surface area contributed by atoms with Crippen LogP contribution in [-0.2, 0) is 16.0 Å². The first-order valence-corrected chi connectivity index (χ1v) is 4.71. The van der Waals surface area contributed by atoms with Gasteiger partial charge in [0.15, 0.2) is 0 Å². The van der Waals surface area contributed by atoms with Gasteiger partial charge in [0.1, 0.15) is 5.60 Å². The van der Waals surface area contributed by atoms with Gasteiger partial charge in [-0.25, -0.2) is 5.90 Å². The Kier molecular flexibility index (Phi) is 2.69. The van der Waals surface area contributed by atoms with E-state index in [1.54, 1.807) is 6.20 Å². The molecule has 4 heteroatoms. The highest BCUT2D eigenvalue weighted by atomic mass is 16.6. The summed E-state index contributed by atoms with van der Waals surface area (Å²) in [5.74, 6) is 5.22. The molecule has 0 aromatic carbocycles. The molecule has 1 rings (SSSR count). The van der Waals surface area contributed by atoms with Crippen LogP contribution in [0.15, 0.2) is 12.4 Å². The van der Waals surface area contributed by atoms with E-state index in [-0.39, 0.29) is 5.54 Å². The molecule has 0 aliphatic carbocycles. The molecule has 2 N–H and O–H groups in total. The predicted molar refractivity (Wildman–Crippen MR) is 55.5 cm³/mol. The first-order valence-electron chi connectivity index (χ1n) is 4.71. The molecule has 14 heavy (non-hydrogen) atoms. The van der Waals surface area contributed by atoms with Crippen molar-refractivity contribution in [2.75, 3.05) is 0 Å². The highest BCUT2D eigenvalue weighted by Gasteiger charge is 2.24. The second-order valence-corrected chi connectivity index (χ2v) is 4.97. The predicted octanol–water partition coefficient (Wildman–Crippen LogP) is 1.76. The molecule has 0 spiro atoms. The lowest BCUT2D eigenvalue weighted by Gasteiger charge is -2.21. The summed E-state index contributed by atoms with van der Waals surface area (Å²) in [5.41, 5.74) is 0.488. The number of hydrogen-bond acceptors (Lipinski definition) is 3. The van der Waals surface area contributed by atoms with Gasteiger partial charge in [-0.1, -0.05) is 0 Å². The summed E-state index contributed by atoms with van der Waals surface area (Å²) in [6, 6.07) is 0. The van der Waals surface area contributed by atoms with Crippen molar-refractivity contribution in [2.24, 2.45) is 5.90 Å². The third-order valence-electron chi connectivity index (χ3n) is 2.26. The van der Waals surface area contributed by atoms with E-state index in [0.29, 0.717) is 0 Å². The summed E-state index contributed by atoms with van der Waals surface area (Å²) in [7, 11) is 0. The fourth-order valence-electron chi connectivity index (χ4n) is 1.07. The van der Waals surface area contributed by atoms with Crippen LogP contribution in [0.3, 0.4) is 0 Å². The van der Waals surface area contributed by atoms with Gasteiger partial charge in [0.25, 0.3) is 0 Å². The molecule has 1 aromatic heterocycles. The molecule has 0 amide bonds. The van der Waals surface area contributed by atoms with Crippen LogP contribution in [0.2, 0.25) is 0 Å². The molecule has 0 saturated carbocycles. The summed E-state index contributed by atoms with van der Waals surface area (Å²) in [6.45, 7) is 10.1. The quantitative estimate of drug-likeness (QED) is 0.735. The largest absolute Gasteiger partial charge is 0.294 e. The summed E-state index contributed by atoms with van der Waals surface area (Å²) in [4.78, 5) is 4.90. The van der Waals surface area contributed by atoms with Crippen molar-refractivity contribution in [3.8, 4) is 0 Å². The van der Waals surface area contributed by atoms with E-state index in [2.05, 4.69) is 25.9 Å². The van der Waals surface area contributed by atoms with Crippen molar-refractivity contribution in [3.05, 3.63) is 18.0 Å². The monoisotopic (exact) mass is 197 g/mol. The first-order chi connectivity index (χ1) is 6.27. The van der Waals surface area contributed by atoms with Crippen molar-refractivity contribution in [2.45, 2.75) is 45.8 Å². The van der Waals surface area contributed by atoms with Crippen molar-refractivity contribution in [1.82, 2.24) is 9.78 Å². The standard InChI is InChI=1S/C10H19N3O/c1-9(2,3)13-7-8(6-12-13)10(4,5)14-11/h6-7H,11H2,1-5H3. The van der Waals surface area contributed by atoms with E-state index >= 15 is 0 Å². The van der Waals surface area contributed by atoms with Gasteiger partial charge < -0.3 is 0 Å². The van der Waals surface area contributed by atoms with Crippen LogP contribution in [0.1, 0.15) is 40.2 Å². The summed E-state index contributed by atoms with van der Waals surface area (Å²) >= 11 is 0. The molecule has 0 aliphatic heterocycles. The van der Waals surface area contributed by atoms with Gasteiger partial charge in [-0.05, 0) is 34.6 Å². The molecule has 0 unspecified atom stereocenters. The van der Waals surface area contributed by atoms with Crippen LogP contribution >= 0.6 is 0 Å². The van der Waals surface area contributed by atoms with Gasteiger partial charge in [0.05, 0.1) is 11.7 Å². The minimum absolute atomic E-state index is 0.0110. The molecule has 4 nitrogen and oxygen atoms in total. The first kappa shape index (κ1) is 11.2. The molecule has 1 heterocycles. The Balaban J connectivity index is 3.00. The normalized spacial score (nSPS) is 13.3. The van der Waals surface area contributed by atoms with Crippen molar-refractivity contribution in [1.29, 1.82) is 0 Å². The second-order valence-electron chi connectivity index (χ2n) is 4.97. The maximum absolute atomic E-state index is 5.22. The van der Waals surface area contributed by atoms with Crippen molar-refractivity contribution in [3.63, 3.8) is 0 Å². The Labute approximate surface area is 85.0 Å². The van der Waals surface area contributed by atoms with Crippen LogP contribution in [0.5, 0.6) is 0 Å². The fourth-order valence-corrected chi connectivity index (χ4v) is 1.07. The number of nitrogens with zero attached hydrogens (tertiary/aromatic N) is 2. The maximum Gasteiger partial charge on any atom is 0.112 e. The zero-order chi connectivity index (χ0) is 11.0. The Morgan fingerprint density at radius 2 is 1.86 bits per heavy atom. The topological polar surface area (TPSA) is 53.1 Å². The number of hydrogen-bond donors (Lipinski definition) is 1. The molecule has 0 aliphatic rings. The Morgan fingerprint density at radius 3 is 2.21 bits per heavy atom. The molecule has 0 fully saturated rings. The average molecular weight is 197 g/mol. The minimum Gasteiger partial charge on any atom is -0.294 e. The molecule has 0 bridgehead atoms. The van der Waals surface area contributed by atoms with Crippen LogP contribution in [0.25, 0.3) is 0 Å². The Hall–Kier alpha value is -0.870. The van der Waals surface area contributed by atoms with Gasteiger partial charge in [0, 0.05) is 11.8 Å². The van der Waals surface area contributed by atoms with E-state index in [4.69, 9.17) is 10.7 Å². The van der Waals surface area contributed by atoms with Crippen molar-refractivity contribution < 1.29 is 4.84 Å². The Bertz CT molecular complexity index is 309. The lowest BCUT2D eigenvalue weighted by atomic mass is 10.0. The average Bonchev–Trinajstić information content (AvgIpc) is 2.51. The summed E-state index contributed by atoms with van der Waals surface area (Å²) in [5, 5.41) is 4.28. The van der Waals surface area contributed by atoms with Gasteiger partial charge >= 0.3 is 0 Å². The minimum atomic E-state index is -0.483. The SMILES string of the molecule is CC(C)(ON)c1cnn(C(C)(C)C)c1. The maximum atomic E-state index is 5.22. The highest BCUT2D eigenvalue weighted by molar-refractivity contribution is 5.13. The third kappa shape index (κ3) is 2.13. The molecule has 0 atom stereocenters. The van der Waals surface area contributed by atoms with Gasteiger partial charge in [0.2, 0.25) is 0 Å². The Morgan fingerprint density at radius 1 is 1.29 bits per heavy atom. The summed E-state index contributed by atoms with van der Waals surface area (Å²) < 4.78 is 1.91. The lowest BCUT2D eigenvalue weighted by Crippen LogP contribution is -2.25. The van der Waals surface area contributed by atoms with Crippen LogP contribution in [-0.4, -0.2) is 9.78 Å². The van der Waals surface area contributed by atoms with E-state index in [1.165, 1.54) is 0 Å². The summed E-state index contributed by atoms with van der Waals surface area (Å²) in [6.07, 6.45) is 3.75. The molecule has 0 radical (unpaired) electrons. The second kappa shape index (κ2) is 3.37. The van der Waals surface area contributed by atoms with E-state index in [9.17, 15) is 0 Å². The van der Waals surface area contributed by atoms with E-state index in [1.807, 2.05) is 24.7 Å². The smallest absolute Gasteiger partial charge is 0.112 e. The molecular weight excluding hydrogens is 178 g/mol. The molecule has 80 valence electrons. The number of nitrogens with two attached hydrogens (primary N) is 1.